The molecule has 0 unspecified atom stereocenters. The van der Waals surface area contributed by atoms with E-state index >= 15 is 0 Å². The fourth-order valence-electron chi connectivity index (χ4n) is 4.05. The van der Waals surface area contributed by atoms with Crippen LogP contribution in [-0.2, 0) is 4.74 Å². The van der Waals surface area contributed by atoms with E-state index in [1.54, 1.807) is 18.2 Å². The summed E-state index contributed by atoms with van der Waals surface area (Å²) in [5, 5.41) is 2.96. The van der Waals surface area contributed by atoms with Crippen LogP contribution < -0.4 is 5.43 Å². The molecule has 0 atom stereocenters. The fourth-order valence-corrected chi connectivity index (χ4v) is 4.05. The van der Waals surface area contributed by atoms with Gasteiger partial charge in [0, 0.05) is 10.8 Å². The lowest BCUT2D eigenvalue weighted by Gasteiger charge is -2.06. The maximum atomic E-state index is 12.8. The van der Waals surface area contributed by atoms with Crippen LogP contribution in [0.2, 0.25) is 0 Å². The molecule has 0 saturated carbocycles. The number of hydrogen-bond donors (Lipinski definition) is 0. The number of carbonyl (C=O) groups excluding carboxylic acids is 1. The zero-order chi connectivity index (χ0) is 21.9. The lowest BCUT2D eigenvalue weighted by Crippen LogP contribution is -2.07. The van der Waals surface area contributed by atoms with Gasteiger partial charge in [-0.1, -0.05) is 101 Å². The molecule has 0 N–H and O–H groups in total. The van der Waals surface area contributed by atoms with Gasteiger partial charge in [0.05, 0.1) is 12.2 Å². The van der Waals surface area contributed by atoms with Crippen molar-refractivity contribution in [3.05, 3.63) is 70.4 Å². The van der Waals surface area contributed by atoms with Gasteiger partial charge < -0.3 is 4.74 Å². The van der Waals surface area contributed by atoms with Crippen LogP contribution in [0.3, 0.4) is 0 Å². The third kappa shape index (κ3) is 6.65. The minimum atomic E-state index is -0.318. The van der Waals surface area contributed by atoms with Crippen molar-refractivity contribution < 1.29 is 9.53 Å². The predicted octanol–water partition coefficient (Wildman–Crippen LogP) is 7.43. The summed E-state index contributed by atoms with van der Waals surface area (Å²) in [5.41, 5.74) is 0.482. The van der Waals surface area contributed by atoms with Gasteiger partial charge in [0.15, 0.2) is 5.43 Å². The normalized spacial score (nSPS) is 11.1. The van der Waals surface area contributed by atoms with Crippen LogP contribution in [-0.4, -0.2) is 12.6 Å². The van der Waals surface area contributed by atoms with Crippen molar-refractivity contribution in [2.75, 3.05) is 6.61 Å². The summed E-state index contributed by atoms with van der Waals surface area (Å²) in [6.45, 7) is 2.70. The van der Waals surface area contributed by atoms with Crippen molar-refractivity contribution in [2.24, 2.45) is 0 Å². The van der Waals surface area contributed by atoms with E-state index in [4.69, 9.17) is 4.74 Å². The first-order valence-electron chi connectivity index (χ1n) is 11.8. The molecule has 0 fully saturated rings. The first-order chi connectivity index (χ1) is 15.2. The van der Waals surface area contributed by atoms with Crippen LogP contribution in [0.1, 0.15) is 81.5 Å². The van der Waals surface area contributed by atoms with Crippen LogP contribution in [0.15, 0.2) is 59.4 Å². The SMILES string of the molecule is CCCCCCCCCCCCOC(=O)c1ccc2c(=O)c3ccccc3ccc2c1. The second-order valence-corrected chi connectivity index (χ2v) is 8.37. The standard InChI is InChI=1S/C28H34O3/c1-2-3-4-5-6-7-8-9-10-13-20-31-28(30)24-18-19-26-23(21-24)17-16-22-14-11-12-15-25(22)27(26)29/h11-12,14-19,21H,2-10,13,20H2,1H3. The third-order valence-corrected chi connectivity index (χ3v) is 5.91. The molecule has 3 aromatic rings. The van der Waals surface area contributed by atoms with Gasteiger partial charge in [-0.15, -0.1) is 0 Å². The molecule has 0 aromatic heterocycles. The fraction of sp³-hybridized carbons (Fsp3) is 0.429. The maximum absolute atomic E-state index is 12.8. The second-order valence-electron chi connectivity index (χ2n) is 8.37. The van der Waals surface area contributed by atoms with E-state index in [1.165, 1.54) is 51.4 Å². The minimum absolute atomic E-state index is 0.0131. The number of ether oxygens (including phenoxy) is 1. The van der Waals surface area contributed by atoms with E-state index in [9.17, 15) is 9.59 Å². The number of rotatable bonds is 12. The van der Waals surface area contributed by atoms with Crippen LogP contribution in [0.25, 0.3) is 21.5 Å². The molecule has 164 valence electrons. The van der Waals surface area contributed by atoms with E-state index in [1.807, 2.05) is 36.4 Å². The van der Waals surface area contributed by atoms with Crippen LogP contribution in [0.4, 0.5) is 0 Å². The van der Waals surface area contributed by atoms with Crippen LogP contribution >= 0.6 is 0 Å². The largest absolute Gasteiger partial charge is 0.462 e. The number of benzene rings is 2. The van der Waals surface area contributed by atoms with Crippen molar-refractivity contribution >= 4 is 27.5 Å². The van der Waals surface area contributed by atoms with Crippen molar-refractivity contribution in [3.8, 4) is 0 Å². The van der Waals surface area contributed by atoms with Gasteiger partial charge in [0.1, 0.15) is 0 Å². The summed E-state index contributed by atoms with van der Waals surface area (Å²) >= 11 is 0. The van der Waals surface area contributed by atoms with E-state index in [2.05, 4.69) is 6.92 Å². The molecule has 0 aliphatic carbocycles. The van der Waals surface area contributed by atoms with E-state index < -0.39 is 0 Å². The summed E-state index contributed by atoms with van der Waals surface area (Å²) in [4.78, 5) is 25.3. The molecule has 3 rings (SSSR count). The summed E-state index contributed by atoms with van der Waals surface area (Å²) in [6.07, 6.45) is 12.5. The van der Waals surface area contributed by atoms with Gasteiger partial charge in [-0.2, -0.15) is 0 Å². The summed E-state index contributed by atoms with van der Waals surface area (Å²) < 4.78 is 5.46. The average Bonchev–Trinajstić information content (AvgIpc) is 2.94. The summed E-state index contributed by atoms with van der Waals surface area (Å²) in [6, 6.07) is 16.6. The van der Waals surface area contributed by atoms with Gasteiger partial charge >= 0.3 is 5.97 Å². The summed E-state index contributed by atoms with van der Waals surface area (Å²) in [7, 11) is 0. The first-order valence-corrected chi connectivity index (χ1v) is 11.8. The highest BCUT2D eigenvalue weighted by atomic mass is 16.5. The highest BCUT2D eigenvalue weighted by Crippen LogP contribution is 2.18. The highest BCUT2D eigenvalue weighted by molar-refractivity contribution is 5.98. The molecular formula is C28H34O3. The quantitative estimate of drug-likeness (QED) is 0.227. The summed E-state index contributed by atoms with van der Waals surface area (Å²) in [5.74, 6) is -0.318. The van der Waals surface area contributed by atoms with Gasteiger partial charge in [-0.3, -0.25) is 4.79 Å². The van der Waals surface area contributed by atoms with Crippen LogP contribution in [0, 0.1) is 0 Å². The Kier molecular flexibility index (Phi) is 9.08. The molecular weight excluding hydrogens is 384 g/mol. The Hall–Kier alpha value is -2.68. The third-order valence-electron chi connectivity index (χ3n) is 5.91. The zero-order valence-electron chi connectivity index (χ0n) is 18.7. The molecule has 0 aliphatic rings. The second kappa shape index (κ2) is 12.2. The maximum Gasteiger partial charge on any atom is 0.338 e. The predicted molar refractivity (Wildman–Crippen MR) is 130 cm³/mol. The highest BCUT2D eigenvalue weighted by Gasteiger charge is 2.09. The lowest BCUT2D eigenvalue weighted by atomic mass is 10.1. The zero-order valence-corrected chi connectivity index (χ0v) is 18.7. The molecule has 0 heterocycles. The lowest BCUT2D eigenvalue weighted by molar-refractivity contribution is 0.0498. The molecule has 0 radical (unpaired) electrons. The molecule has 31 heavy (non-hydrogen) atoms. The Balaban J connectivity index is 1.47. The molecule has 0 bridgehead atoms. The molecule has 0 aliphatic heterocycles. The average molecular weight is 419 g/mol. The topological polar surface area (TPSA) is 43.4 Å². The van der Waals surface area contributed by atoms with Crippen molar-refractivity contribution in [2.45, 2.75) is 71.1 Å². The Morgan fingerprint density at radius 2 is 1.32 bits per heavy atom. The molecule has 0 amide bonds. The molecule has 0 saturated heterocycles. The smallest absolute Gasteiger partial charge is 0.338 e. The number of carbonyl (C=O) groups is 1. The minimum Gasteiger partial charge on any atom is -0.462 e. The molecule has 3 aromatic carbocycles. The van der Waals surface area contributed by atoms with Crippen molar-refractivity contribution in [1.29, 1.82) is 0 Å². The van der Waals surface area contributed by atoms with E-state index in [-0.39, 0.29) is 11.4 Å². The number of esters is 1. The van der Waals surface area contributed by atoms with Crippen molar-refractivity contribution in [1.82, 2.24) is 0 Å². The van der Waals surface area contributed by atoms with Gasteiger partial charge in [-0.25, -0.2) is 4.79 Å². The van der Waals surface area contributed by atoms with Gasteiger partial charge in [0.25, 0.3) is 0 Å². The number of hydrogen-bond acceptors (Lipinski definition) is 3. The Morgan fingerprint density at radius 1 is 0.710 bits per heavy atom. The molecule has 0 spiro atoms. The Labute approximate surface area is 185 Å². The molecule has 3 heteroatoms. The van der Waals surface area contributed by atoms with E-state index in [0.29, 0.717) is 22.9 Å². The Bertz CT molecular complexity index is 1050. The Morgan fingerprint density at radius 3 is 2.06 bits per heavy atom. The van der Waals surface area contributed by atoms with Gasteiger partial charge in [0.2, 0.25) is 0 Å². The number of fused-ring (bicyclic) bond motifs is 2. The molecule has 3 nitrogen and oxygen atoms in total. The van der Waals surface area contributed by atoms with Gasteiger partial charge in [-0.05, 0) is 35.4 Å². The van der Waals surface area contributed by atoms with Crippen LogP contribution in [0.5, 0.6) is 0 Å². The first kappa shape index (κ1) is 23.0. The monoisotopic (exact) mass is 418 g/mol. The number of unbranched alkanes of at least 4 members (excludes halogenated alkanes) is 9. The van der Waals surface area contributed by atoms with Crippen molar-refractivity contribution in [3.63, 3.8) is 0 Å². The van der Waals surface area contributed by atoms with E-state index in [0.717, 1.165) is 23.6 Å².